The van der Waals surface area contributed by atoms with Crippen LogP contribution in [0.5, 0.6) is 5.75 Å². The molecular weight excluding hydrogens is 558 g/mol. The Morgan fingerprint density at radius 2 is 1.80 bits per heavy atom. The minimum atomic E-state index is -1.11. The summed E-state index contributed by atoms with van der Waals surface area (Å²) in [6.45, 7) is 18.0. The normalized spacial score (nSPS) is 28.6. The van der Waals surface area contributed by atoms with E-state index in [9.17, 15) is 19.5 Å². The zero-order chi connectivity index (χ0) is 32.1. The van der Waals surface area contributed by atoms with Gasteiger partial charge in [0.05, 0.1) is 24.0 Å². The first-order valence-corrected chi connectivity index (χ1v) is 16.3. The molecule has 0 aliphatic carbocycles. The lowest BCUT2D eigenvalue weighted by Gasteiger charge is -2.39. The smallest absolute Gasteiger partial charge is 0.248 e. The highest BCUT2D eigenvalue weighted by Crippen LogP contribution is 2.65. The maximum absolute atomic E-state index is 14.7. The van der Waals surface area contributed by atoms with Crippen molar-refractivity contribution in [2.75, 3.05) is 44.3 Å². The Balaban J connectivity index is 1.76. The highest BCUT2D eigenvalue weighted by molar-refractivity contribution is 6.03. The van der Waals surface area contributed by atoms with E-state index in [0.29, 0.717) is 56.9 Å². The lowest BCUT2D eigenvalue weighted by Crippen LogP contribution is -2.57. The fraction of sp³-hybridized carbons (Fsp3) is 0.629. The van der Waals surface area contributed by atoms with Crippen LogP contribution in [0.2, 0.25) is 0 Å². The molecule has 3 heterocycles. The Morgan fingerprint density at radius 3 is 2.41 bits per heavy atom. The molecule has 44 heavy (non-hydrogen) atoms. The fourth-order valence-corrected chi connectivity index (χ4v) is 7.68. The third kappa shape index (κ3) is 5.93. The standard InChI is InChI=1S/C35H51N3O6/c1-7-11-21-36(19-8-2)33(42)30-35-24-25(5)34(6,44-35)28(29(35)32(41)38(30)22-13-12-14-23-39)31(40)37(20-9-3)26-15-17-27(18-16-26)43-10-4/h8-9,15-18,25,28-30,39H,2-3,7,10-14,19-24H2,1,4-6H3/t25?,28-,29+,30?,34+,35?/m1/s1. The van der Waals surface area contributed by atoms with Crippen molar-refractivity contribution in [1.82, 2.24) is 9.80 Å². The van der Waals surface area contributed by atoms with Crippen molar-refractivity contribution in [3.63, 3.8) is 0 Å². The Labute approximate surface area is 262 Å². The number of fused-ring (bicyclic) bond motifs is 1. The molecule has 0 saturated carbocycles. The number of nitrogens with zero attached hydrogens (tertiary/aromatic N) is 3. The summed E-state index contributed by atoms with van der Waals surface area (Å²) in [7, 11) is 0. The summed E-state index contributed by atoms with van der Waals surface area (Å²) in [6, 6.07) is 6.53. The van der Waals surface area contributed by atoms with Crippen molar-refractivity contribution < 1.29 is 29.0 Å². The molecule has 1 aromatic rings. The van der Waals surface area contributed by atoms with Crippen LogP contribution in [0.1, 0.15) is 66.2 Å². The highest BCUT2D eigenvalue weighted by atomic mass is 16.5. The first-order valence-electron chi connectivity index (χ1n) is 16.3. The second-order valence-corrected chi connectivity index (χ2v) is 12.6. The van der Waals surface area contributed by atoms with E-state index >= 15 is 0 Å². The van der Waals surface area contributed by atoms with E-state index in [1.54, 1.807) is 26.9 Å². The summed E-state index contributed by atoms with van der Waals surface area (Å²) >= 11 is 0. The number of anilines is 1. The molecule has 1 N–H and O–H groups in total. The third-order valence-electron chi connectivity index (χ3n) is 9.85. The van der Waals surface area contributed by atoms with Crippen LogP contribution >= 0.6 is 0 Å². The summed E-state index contributed by atoms with van der Waals surface area (Å²) in [5.41, 5.74) is -1.35. The van der Waals surface area contributed by atoms with Crippen LogP contribution < -0.4 is 9.64 Å². The highest BCUT2D eigenvalue weighted by Gasteiger charge is 2.80. The van der Waals surface area contributed by atoms with E-state index in [2.05, 4.69) is 27.0 Å². The monoisotopic (exact) mass is 609 g/mol. The van der Waals surface area contributed by atoms with Gasteiger partial charge >= 0.3 is 0 Å². The molecule has 6 atom stereocenters. The molecule has 0 radical (unpaired) electrons. The minimum absolute atomic E-state index is 0.0560. The molecule has 9 nitrogen and oxygen atoms in total. The molecule has 1 aromatic carbocycles. The maximum atomic E-state index is 14.7. The van der Waals surface area contributed by atoms with Crippen LogP contribution in [0.15, 0.2) is 49.6 Å². The Bertz CT molecular complexity index is 1200. The molecule has 0 aromatic heterocycles. The van der Waals surface area contributed by atoms with Crippen molar-refractivity contribution in [2.24, 2.45) is 17.8 Å². The van der Waals surface area contributed by atoms with Crippen molar-refractivity contribution >= 4 is 23.4 Å². The molecular formula is C35H51N3O6. The zero-order valence-corrected chi connectivity index (χ0v) is 27.0. The topological polar surface area (TPSA) is 99.6 Å². The number of hydrogen-bond donors (Lipinski definition) is 1. The molecule has 9 heteroatoms. The lowest BCUT2D eigenvalue weighted by atomic mass is 9.62. The Morgan fingerprint density at radius 1 is 1.09 bits per heavy atom. The van der Waals surface area contributed by atoms with E-state index in [-0.39, 0.29) is 36.8 Å². The summed E-state index contributed by atoms with van der Waals surface area (Å²) in [4.78, 5) is 48.9. The van der Waals surface area contributed by atoms with Crippen LogP contribution in [-0.4, -0.2) is 89.3 Å². The first kappa shape index (κ1) is 33.7. The number of aliphatic hydroxyl groups is 1. The van der Waals surface area contributed by atoms with Crippen LogP contribution in [0, 0.1) is 17.8 Å². The molecule has 4 rings (SSSR count). The molecule has 3 aliphatic heterocycles. The molecule has 2 bridgehead atoms. The number of unbranched alkanes of at least 4 members (excludes halogenated alkanes) is 3. The largest absolute Gasteiger partial charge is 0.494 e. The minimum Gasteiger partial charge on any atom is -0.494 e. The number of ether oxygens (including phenoxy) is 2. The van der Waals surface area contributed by atoms with Gasteiger partial charge in [0.15, 0.2) is 0 Å². The van der Waals surface area contributed by atoms with Gasteiger partial charge in [-0.3, -0.25) is 14.4 Å². The molecule has 1 spiro atoms. The Kier molecular flexibility index (Phi) is 10.9. The number of benzene rings is 1. The first-order chi connectivity index (χ1) is 21.1. The number of carbonyl (C=O) groups excluding carboxylic acids is 3. The average Bonchev–Trinajstić information content (AvgIpc) is 3.52. The predicted octanol–water partition coefficient (Wildman–Crippen LogP) is 4.59. The van der Waals surface area contributed by atoms with Gasteiger partial charge in [0, 0.05) is 38.5 Å². The van der Waals surface area contributed by atoms with Crippen molar-refractivity contribution in [1.29, 1.82) is 0 Å². The predicted molar refractivity (Wildman–Crippen MR) is 171 cm³/mol. The lowest BCUT2D eigenvalue weighted by molar-refractivity contribution is -0.152. The summed E-state index contributed by atoms with van der Waals surface area (Å²) in [5.74, 6) is -1.44. The number of hydrogen-bond acceptors (Lipinski definition) is 6. The van der Waals surface area contributed by atoms with Gasteiger partial charge in [-0.15, -0.1) is 13.2 Å². The van der Waals surface area contributed by atoms with E-state index in [1.807, 2.05) is 38.1 Å². The van der Waals surface area contributed by atoms with E-state index < -0.39 is 29.1 Å². The van der Waals surface area contributed by atoms with Gasteiger partial charge in [-0.05, 0) is 76.1 Å². The van der Waals surface area contributed by atoms with Gasteiger partial charge in [-0.1, -0.05) is 32.4 Å². The van der Waals surface area contributed by atoms with E-state index in [0.717, 1.165) is 19.3 Å². The molecule has 242 valence electrons. The van der Waals surface area contributed by atoms with Gasteiger partial charge in [-0.25, -0.2) is 0 Å². The molecule has 3 amide bonds. The van der Waals surface area contributed by atoms with Gasteiger partial charge < -0.3 is 29.3 Å². The third-order valence-corrected chi connectivity index (χ3v) is 9.85. The van der Waals surface area contributed by atoms with Gasteiger partial charge in [0.2, 0.25) is 17.7 Å². The second kappa shape index (κ2) is 14.3. The zero-order valence-electron chi connectivity index (χ0n) is 27.0. The molecule has 3 aliphatic rings. The van der Waals surface area contributed by atoms with E-state index in [4.69, 9.17) is 9.47 Å². The SMILES string of the molecule is C=CCN(CCCC)C(=O)C1N(CCCCCO)C(=O)[C@@H]2[C@H](C(=O)N(CC=C)c3ccc(OCC)cc3)[C@@]3(C)OC12CC3C. The Hall–Kier alpha value is -3.17. The summed E-state index contributed by atoms with van der Waals surface area (Å²) in [5, 5.41) is 9.34. The molecule has 3 unspecified atom stereocenters. The van der Waals surface area contributed by atoms with Gasteiger partial charge in [-0.2, -0.15) is 0 Å². The number of rotatable bonds is 17. The number of likely N-dealkylation sites (tertiary alicyclic amines) is 1. The van der Waals surface area contributed by atoms with Gasteiger partial charge in [0.1, 0.15) is 17.4 Å². The summed E-state index contributed by atoms with van der Waals surface area (Å²) < 4.78 is 12.6. The summed E-state index contributed by atoms with van der Waals surface area (Å²) in [6.07, 6.45) is 7.69. The van der Waals surface area contributed by atoms with Crippen molar-refractivity contribution in [3.05, 3.63) is 49.6 Å². The number of aliphatic hydroxyl groups excluding tert-OH is 1. The number of amides is 3. The quantitative estimate of drug-likeness (QED) is 0.205. The van der Waals surface area contributed by atoms with Crippen molar-refractivity contribution in [2.45, 2.75) is 83.5 Å². The average molecular weight is 610 g/mol. The fourth-order valence-electron chi connectivity index (χ4n) is 7.68. The van der Waals surface area contributed by atoms with Crippen LogP contribution in [-0.2, 0) is 19.1 Å². The number of carbonyl (C=O) groups is 3. The van der Waals surface area contributed by atoms with Crippen LogP contribution in [0.3, 0.4) is 0 Å². The van der Waals surface area contributed by atoms with Crippen LogP contribution in [0.4, 0.5) is 5.69 Å². The van der Waals surface area contributed by atoms with Crippen molar-refractivity contribution in [3.8, 4) is 5.75 Å². The van der Waals surface area contributed by atoms with Gasteiger partial charge in [0.25, 0.3) is 0 Å². The molecule has 3 fully saturated rings. The van der Waals surface area contributed by atoms with Crippen LogP contribution in [0.25, 0.3) is 0 Å². The second-order valence-electron chi connectivity index (χ2n) is 12.6. The molecule has 3 saturated heterocycles. The maximum Gasteiger partial charge on any atom is 0.248 e. The van der Waals surface area contributed by atoms with E-state index in [1.165, 1.54) is 0 Å².